The van der Waals surface area contributed by atoms with E-state index in [-0.39, 0.29) is 46.9 Å². The predicted molar refractivity (Wildman–Crippen MR) is 177 cm³/mol. The Kier molecular flexibility index (Phi) is 7.77. The van der Waals surface area contributed by atoms with Crippen LogP contribution in [0.15, 0.2) is 61.4 Å². The van der Waals surface area contributed by atoms with Crippen molar-refractivity contribution < 1.29 is 18.7 Å². The summed E-state index contributed by atoms with van der Waals surface area (Å²) >= 11 is 0. The number of rotatable bonds is 9. The first-order valence-corrected chi connectivity index (χ1v) is 16.9. The predicted octanol–water partition coefficient (Wildman–Crippen LogP) is 5.29. The lowest BCUT2D eigenvalue weighted by Crippen LogP contribution is -2.65. The van der Waals surface area contributed by atoms with Gasteiger partial charge in [0, 0.05) is 79.9 Å². The fourth-order valence-electron chi connectivity index (χ4n) is 7.95. The van der Waals surface area contributed by atoms with Gasteiger partial charge >= 0.3 is 0 Å². The van der Waals surface area contributed by atoms with Gasteiger partial charge in [0.05, 0.1) is 17.8 Å². The molecular formula is C36H41FN8O3. The summed E-state index contributed by atoms with van der Waals surface area (Å²) in [5, 5.41) is 4.36. The van der Waals surface area contributed by atoms with Gasteiger partial charge < -0.3 is 24.2 Å². The molecule has 1 spiro atoms. The average molecular weight is 653 g/mol. The molecular weight excluding hydrogens is 611 g/mol. The number of halogens is 1. The maximum atomic E-state index is 14.6. The molecule has 3 aromatic heterocycles. The van der Waals surface area contributed by atoms with Crippen LogP contribution >= 0.6 is 0 Å². The fraction of sp³-hybridized carbons (Fsp3) is 0.472. The molecule has 5 heterocycles. The summed E-state index contributed by atoms with van der Waals surface area (Å²) in [6.07, 6.45) is 13.4. The Bertz CT molecular complexity index is 1800. The molecule has 250 valence electrons. The lowest BCUT2D eigenvalue weighted by atomic mass is 9.61. The Morgan fingerprint density at radius 1 is 1.08 bits per heavy atom. The second-order valence-electron chi connectivity index (χ2n) is 14.3. The summed E-state index contributed by atoms with van der Waals surface area (Å²) in [4.78, 5) is 33.8. The minimum Gasteiger partial charge on any atom is -0.490 e. The monoisotopic (exact) mass is 652 g/mol. The first kappa shape index (κ1) is 30.7. The van der Waals surface area contributed by atoms with Gasteiger partial charge in [0.1, 0.15) is 29.7 Å². The third-order valence-electron chi connectivity index (χ3n) is 10.4. The van der Waals surface area contributed by atoms with E-state index in [2.05, 4.69) is 36.9 Å². The summed E-state index contributed by atoms with van der Waals surface area (Å²) in [6.45, 7) is 7.51. The summed E-state index contributed by atoms with van der Waals surface area (Å²) in [5.74, 6) is 1.59. The summed E-state index contributed by atoms with van der Waals surface area (Å²) < 4.78 is 29.4. The molecule has 1 amide bonds. The van der Waals surface area contributed by atoms with Crippen molar-refractivity contribution in [3.8, 4) is 17.2 Å². The van der Waals surface area contributed by atoms with Crippen molar-refractivity contribution in [2.24, 2.45) is 5.41 Å². The number of anilines is 1. The first-order valence-electron chi connectivity index (χ1n) is 16.9. The van der Waals surface area contributed by atoms with Crippen LogP contribution < -0.4 is 14.4 Å². The van der Waals surface area contributed by atoms with Gasteiger partial charge in [-0.25, -0.2) is 14.4 Å². The molecule has 0 radical (unpaired) electrons. The molecule has 0 N–H and O–H groups in total. The minimum atomic E-state index is -0.493. The van der Waals surface area contributed by atoms with Crippen molar-refractivity contribution in [3.63, 3.8) is 0 Å². The van der Waals surface area contributed by atoms with E-state index in [9.17, 15) is 9.18 Å². The normalized spacial score (nSPS) is 21.6. The number of likely N-dealkylation sites (N-methyl/N-ethyl adjacent to an activating group) is 1. The molecule has 4 aliphatic rings. The zero-order valence-electron chi connectivity index (χ0n) is 27.6. The maximum absolute atomic E-state index is 14.6. The minimum absolute atomic E-state index is 0.0244. The highest BCUT2D eigenvalue weighted by Crippen LogP contribution is 2.52. The highest BCUT2D eigenvalue weighted by Gasteiger charge is 2.54. The Morgan fingerprint density at radius 3 is 2.69 bits per heavy atom. The molecule has 0 unspecified atom stereocenters. The molecule has 11 nitrogen and oxygen atoms in total. The van der Waals surface area contributed by atoms with Crippen LogP contribution in [0.3, 0.4) is 0 Å². The summed E-state index contributed by atoms with van der Waals surface area (Å²) in [7, 11) is 2.13. The van der Waals surface area contributed by atoms with Crippen molar-refractivity contribution in [1.29, 1.82) is 0 Å². The molecule has 3 fully saturated rings. The van der Waals surface area contributed by atoms with Gasteiger partial charge in [0.15, 0.2) is 11.6 Å². The van der Waals surface area contributed by atoms with E-state index < -0.39 is 5.82 Å². The molecule has 2 aliphatic carbocycles. The molecule has 48 heavy (non-hydrogen) atoms. The van der Waals surface area contributed by atoms with Crippen molar-refractivity contribution in [2.75, 3.05) is 31.6 Å². The van der Waals surface area contributed by atoms with Gasteiger partial charge in [-0.3, -0.25) is 14.5 Å². The number of amides is 1. The van der Waals surface area contributed by atoms with Crippen molar-refractivity contribution >= 4 is 11.7 Å². The van der Waals surface area contributed by atoms with Gasteiger partial charge in [-0.1, -0.05) is 0 Å². The van der Waals surface area contributed by atoms with Crippen LogP contribution in [0, 0.1) is 11.2 Å². The topological polar surface area (TPSA) is 102 Å². The average Bonchev–Trinajstić information content (AvgIpc) is 3.54. The van der Waals surface area contributed by atoms with E-state index in [0.717, 1.165) is 69.7 Å². The number of pyridine rings is 1. The Labute approximate surface area is 279 Å². The number of aromatic nitrogens is 5. The van der Waals surface area contributed by atoms with E-state index in [1.165, 1.54) is 30.1 Å². The smallest absolute Gasteiger partial charge is 0.258 e. The number of fused-ring (bicyclic) bond motifs is 1. The van der Waals surface area contributed by atoms with E-state index in [0.29, 0.717) is 11.6 Å². The number of benzene rings is 1. The SMILES string of the molecule is CC(C)N(C(=O)c1cc(F)ccc1Oc1cncnc1N1CC2(CC(Oc3ccnc4c3CN(C)CC4)C2)C1)C1CC(n2cccn2)C1. The maximum Gasteiger partial charge on any atom is 0.258 e. The number of hydrogen-bond acceptors (Lipinski definition) is 9. The second kappa shape index (κ2) is 12.1. The highest BCUT2D eigenvalue weighted by atomic mass is 19.1. The van der Waals surface area contributed by atoms with Crippen LogP contribution in [0.2, 0.25) is 0 Å². The Balaban J connectivity index is 0.938. The van der Waals surface area contributed by atoms with Gasteiger partial charge in [-0.05, 0) is 76.9 Å². The molecule has 1 aromatic carbocycles. The second-order valence-corrected chi connectivity index (χ2v) is 14.3. The zero-order chi connectivity index (χ0) is 33.0. The fourth-order valence-corrected chi connectivity index (χ4v) is 7.95. The van der Waals surface area contributed by atoms with Crippen LogP contribution in [0.1, 0.15) is 67.2 Å². The third-order valence-corrected chi connectivity index (χ3v) is 10.4. The molecule has 0 bridgehead atoms. The van der Waals surface area contributed by atoms with Crippen LogP contribution in [0.25, 0.3) is 0 Å². The zero-order valence-corrected chi connectivity index (χ0v) is 27.6. The van der Waals surface area contributed by atoms with Gasteiger partial charge in [0.2, 0.25) is 0 Å². The number of carbonyl (C=O) groups is 1. The number of nitrogens with zero attached hydrogens (tertiary/aromatic N) is 8. The van der Waals surface area contributed by atoms with Crippen molar-refractivity contribution in [3.05, 3.63) is 84.1 Å². The summed E-state index contributed by atoms with van der Waals surface area (Å²) in [6, 6.07) is 8.20. The van der Waals surface area contributed by atoms with Crippen LogP contribution in [-0.2, 0) is 13.0 Å². The van der Waals surface area contributed by atoms with Gasteiger partial charge in [-0.15, -0.1) is 0 Å². The number of hydrogen-bond donors (Lipinski definition) is 0. The highest BCUT2D eigenvalue weighted by molar-refractivity contribution is 5.97. The Hall–Kier alpha value is -4.58. The molecule has 8 rings (SSSR count). The lowest BCUT2D eigenvalue weighted by Gasteiger charge is -2.59. The molecule has 0 atom stereocenters. The quantitative estimate of drug-likeness (QED) is 0.239. The third kappa shape index (κ3) is 5.65. The molecule has 4 aromatic rings. The van der Waals surface area contributed by atoms with Gasteiger partial charge in [0.25, 0.3) is 5.91 Å². The number of carbonyl (C=O) groups excluding carboxylic acids is 1. The molecule has 2 saturated carbocycles. The van der Waals surface area contributed by atoms with Crippen molar-refractivity contribution in [1.82, 2.24) is 34.5 Å². The standard InChI is InChI=1S/C36H41FN8O3/c1-23(2)45(26-14-25(15-26)44-11-4-9-41-44)35(46)28-13-24(37)5-6-31(28)48-33-18-38-22-40-34(33)43-20-36(21-43)16-27(17-36)47-32-7-10-39-30-8-12-42(3)19-29(30)32/h4-7,9-11,13,18,22-23,25-27H,8,12,14-17,19-21H2,1-3H3. The van der Waals surface area contributed by atoms with Gasteiger partial charge in [-0.2, -0.15) is 5.10 Å². The van der Waals surface area contributed by atoms with Crippen LogP contribution in [-0.4, -0.2) is 85.3 Å². The molecule has 12 heteroatoms. The number of ether oxygens (including phenoxy) is 2. The summed E-state index contributed by atoms with van der Waals surface area (Å²) in [5.41, 5.74) is 2.72. The van der Waals surface area contributed by atoms with E-state index in [1.807, 2.05) is 48.0 Å². The van der Waals surface area contributed by atoms with E-state index in [4.69, 9.17) is 9.47 Å². The molecule has 1 saturated heterocycles. The van der Waals surface area contributed by atoms with Crippen LogP contribution in [0.5, 0.6) is 17.2 Å². The van der Waals surface area contributed by atoms with Crippen molar-refractivity contribution in [2.45, 2.75) is 76.7 Å². The lowest BCUT2D eigenvalue weighted by molar-refractivity contribution is -0.0352. The largest absolute Gasteiger partial charge is 0.490 e. The van der Waals surface area contributed by atoms with Crippen LogP contribution in [0.4, 0.5) is 10.2 Å². The first-order chi connectivity index (χ1) is 23.2. The van der Waals surface area contributed by atoms with E-state index >= 15 is 0 Å². The molecule has 2 aliphatic heterocycles. The Morgan fingerprint density at radius 2 is 1.92 bits per heavy atom. The van der Waals surface area contributed by atoms with E-state index in [1.54, 1.807) is 12.4 Å².